The highest BCUT2D eigenvalue weighted by Gasteiger charge is 2.43. The third-order valence-electron chi connectivity index (χ3n) is 5.99. The minimum atomic E-state index is -1.50. The van der Waals surface area contributed by atoms with Gasteiger partial charge in [-0.15, -0.1) is 0 Å². The number of hydrogen-bond acceptors (Lipinski definition) is 5. The highest BCUT2D eigenvalue weighted by molar-refractivity contribution is 5.71. The quantitative estimate of drug-likeness (QED) is 0.446. The molecule has 2 aromatic carbocycles. The summed E-state index contributed by atoms with van der Waals surface area (Å²) in [6, 6.07) is 10.2. The first-order valence-electron chi connectivity index (χ1n) is 10.9. The third kappa shape index (κ3) is 5.28. The number of benzene rings is 2. The number of rotatable bonds is 10. The molecule has 174 valence electrons. The number of carbonyl (C=O) groups excluding carboxylic acids is 1. The molecule has 0 spiro atoms. The summed E-state index contributed by atoms with van der Waals surface area (Å²) in [6.45, 7) is 3.48. The Balaban J connectivity index is 2.11. The van der Waals surface area contributed by atoms with Gasteiger partial charge in [-0.3, -0.25) is 4.79 Å². The summed E-state index contributed by atoms with van der Waals surface area (Å²) < 4.78 is 31.8. The number of halogens is 1. The molecule has 1 saturated heterocycles. The van der Waals surface area contributed by atoms with Crippen LogP contribution in [0.25, 0.3) is 11.1 Å². The van der Waals surface area contributed by atoms with Gasteiger partial charge in [-0.1, -0.05) is 18.2 Å². The van der Waals surface area contributed by atoms with E-state index in [1.165, 1.54) is 6.07 Å². The second-order valence-corrected chi connectivity index (χ2v) is 8.24. The number of aliphatic hydroxyl groups is 1. The second kappa shape index (κ2) is 10.9. The van der Waals surface area contributed by atoms with Crippen LogP contribution in [0, 0.1) is 12.7 Å². The molecule has 7 heteroatoms. The fourth-order valence-electron chi connectivity index (χ4n) is 4.35. The van der Waals surface area contributed by atoms with Gasteiger partial charge in [-0.25, -0.2) is 4.39 Å². The Kier molecular flexibility index (Phi) is 8.23. The number of aryl methyl sites for hydroxylation is 1. The van der Waals surface area contributed by atoms with Gasteiger partial charge in [0.2, 0.25) is 6.41 Å². The van der Waals surface area contributed by atoms with Gasteiger partial charge in [-0.05, 0) is 61.1 Å². The number of ether oxygens (including phenoxy) is 3. The first kappa shape index (κ1) is 24.2. The van der Waals surface area contributed by atoms with Crippen molar-refractivity contribution in [2.75, 3.05) is 40.5 Å². The normalized spacial score (nSPS) is 18.3. The van der Waals surface area contributed by atoms with Gasteiger partial charge >= 0.3 is 0 Å². The molecule has 32 heavy (non-hydrogen) atoms. The number of hydrogen-bond donors (Lipinski definition) is 1. The summed E-state index contributed by atoms with van der Waals surface area (Å²) in [7, 11) is 3.20. The lowest BCUT2D eigenvalue weighted by molar-refractivity contribution is -0.158. The molecule has 1 amide bonds. The molecule has 2 atom stereocenters. The monoisotopic (exact) mass is 445 g/mol. The first-order chi connectivity index (χ1) is 15.4. The van der Waals surface area contributed by atoms with Gasteiger partial charge in [-0.2, -0.15) is 0 Å². The van der Waals surface area contributed by atoms with Crippen LogP contribution in [0.2, 0.25) is 0 Å². The average Bonchev–Trinajstić information content (AvgIpc) is 2.81. The van der Waals surface area contributed by atoms with Crippen molar-refractivity contribution in [3.8, 4) is 16.9 Å². The zero-order valence-corrected chi connectivity index (χ0v) is 19.0. The number of amides is 1. The van der Waals surface area contributed by atoms with Crippen LogP contribution >= 0.6 is 0 Å². The minimum Gasteiger partial charge on any atom is -0.497 e. The highest BCUT2D eigenvalue weighted by atomic mass is 19.1. The Morgan fingerprint density at radius 2 is 2.09 bits per heavy atom. The van der Waals surface area contributed by atoms with E-state index in [1.807, 2.05) is 19.1 Å². The Morgan fingerprint density at radius 3 is 2.81 bits per heavy atom. The third-order valence-corrected chi connectivity index (χ3v) is 5.99. The number of unbranched alkanes of at least 4 members (excludes halogenated alkanes) is 1. The van der Waals surface area contributed by atoms with Gasteiger partial charge in [0, 0.05) is 32.4 Å². The van der Waals surface area contributed by atoms with Gasteiger partial charge in [0.05, 0.1) is 13.7 Å². The molecule has 0 unspecified atom stereocenters. The molecule has 1 aliphatic rings. The van der Waals surface area contributed by atoms with Crippen LogP contribution in [0.15, 0.2) is 36.4 Å². The number of nitrogens with zero attached hydrogens (tertiary/aromatic N) is 1. The molecule has 1 heterocycles. The molecule has 1 fully saturated rings. The van der Waals surface area contributed by atoms with Gasteiger partial charge < -0.3 is 24.2 Å². The van der Waals surface area contributed by atoms with E-state index in [2.05, 4.69) is 0 Å². The van der Waals surface area contributed by atoms with E-state index >= 15 is 4.39 Å². The van der Waals surface area contributed by atoms with Crippen LogP contribution in [-0.2, 0) is 19.9 Å². The Morgan fingerprint density at radius 1 is 1.28 bits per heavy atom. The van der Waals surface area contributed by atoms with Gasteiger partial charge in [0.15, 0.2) is 0 Å². The summed E-state index contributed by atoms with van der Waals surface area (Å²) >= 11 is 0. The van der Waals surface area contributed by atoms with E-state index in [0.717, 1.165) is 18.4 Å². The Labute approximate surface area is 188 Å². The lowest BCUT2D eigenvalue weighted by atomic mass is 9.78. The molecular formula is C25H32FNO5. The van der Waals surface area contributed by atoms with Crippen molar-refractivity contribution in [3.05, 3.63) is 53.3 Å². The average molecular weight is 446 g/mol. The van der Waals surface area contributed by atoms with Crippen LogP contribution in [0.5, 0.6) is 5.75 Å². The zero-order chi connectivity index (χ0) is 23.1. The highest BCUT2D eigenvalue weighted by Crippen LogP contribution is 2.41. The van der Waals surface area contributed by atoms with Crippen molar-refractivity contribution in [3.63, 3.8) is 0 Å². The van der Waals surface area contributed by atoms with Gasteiger partial charge in [0.1, 0.15) is 23.3 Å². The van der Waals surface area contributed by atoms with Crippen molar-refractivity contribution in [1.29, 1.82) is 0 Å². The Bertz CT molecular complexity index is 921. The first-order valence-corrected chi connectivity index (χ1v) is 10.9. The molecule has 1 N–H and O–H groups in total. The summed E-state index contributed by atoms with van der Waals surface area (Å²) in [5, 5.41) is 12.1. The molecule has 1 aliphatic heterocycles. The SMILES string of the molecule is COCCCC[C@](O)(c1cccc(F)c1-c1cc(C)cc(OC)c1)[C@H]1CN(C=O)CCO1. The predicted octanol–water partition coefficient (Wildman–Crippen LogP) is 3.67. The summed E-state index contributed by atoms with van der Waals surface area (Å²) in [5.74, 6) is 0.174. The molecule has 3 rings (SSSR count). The maximum absolute atomic E-state index is 15.3. The van der Waals surface area contributed by atoms with Crippen molar-refractivity contribution in [2.45, 2.75) is 37.9 Å². The molecule has 2 aromatic rings. The second-order valence-electron chi connectivity index (χ2n) is 8.24. The fourth-order valence-corrected chi connectivity index (χ4v) is 4.35. The van der Waals surface area contributed by atoms with E-state index in [-0.39, 0.29) is 6.54 Å². The lowest BCUT2D eigenvalue weighted by Crippen LogP contribution is -2.52. The smallest absolute Gasteiger partial charge is 0.209 e. The molecule has 6 nitrogen and oxygen atoms in total. The number of carbonyl (C=O) groups is 1. The number of methoxy groups -OCH3 is 2. The molecule has 0 radical (unpaired) electrons. The largest absolute Gasteiger partial charge is 0.497 e. The summed E-state index contributed by atoms with van der Waals surface area (Å²) in [4.78, 5) is 13.0. The van der Waals surface area contributed by atoms with E-state index < -0.39 is 17.5 Å². The van der Waals surface area contributed by atoms with E-state index in [4.69, 9.17) is 14.2 Å². The standard InChI is InChI=1S/C25H32FNO5/c1-18-13-19(15-20(14-18)31-3)24-21(7-6-8-22(24)26)25(29,9-4-5-11-30-2)23-16-27(17-28)10-12-32-23/h6-8,13-15,17,23,29H,4-5,9-12,16H2,1-3H3/t23-,25+/m1/s1. The van der Waals surface area contributed by atoms with Crippen molar-refractivity contribution in [1.82, 2.24) is 4.90 Å². The van der Waals surface area contributed by atoms with Crippen LogP contribution < -0.4 is 4.74 Å². The maximum atomic E-state index is 15.3. The van der Waals surface area contributed by atoms with Crippen LogP contribution in [0.1, 0.15) is 30.4 Å². The van der Waals surface area contributed by atoms with Crippen LogP contribution in [0.3, 0.4) is 0 Å². The van der Waals surface area contributed by atoms with Gasteiger partial charge in [0.25, 0.3) is 0 Å². The van der Waals surface area contributed by atoms with Crippen molar-refractivity contribution >= 4 is 6.41 Å². The Hall–Kier alpha value is -2.48. The van der Waals surface area contributed by atoms with Crippen LogP contribution in [-0.4, -0.2) is 63.0 Å². The minimum absolute atomic E-state index is 0.234. The molecule has 0 aromatic heterocycles. The summed E-state index contributed by atoms with van der Waals surface area (Å²) in [6.07, 6.45) is 1.81. The van der Waals surface area contributed by atoms with Crippen LogP contribution in [0.4, 0.5) is 4.39 Å². The van der Waals surface area contributed by atoms with E-state index in [9.17, 15) is 9.90 Å². The molecular weight excluding hydrogens is 413 g/mol. The van der Waals surface area contributed by atoms with Crippen molar-refractivity contribution < 1.29 is 28.5 Å². The maximum Gasteiger partial charge on any atom is 0.209 e. The molecule has 0 bridgehead atoms. The lowest BCUT2D eigenvalue weighted by Gasteiger charge is -2.42. The molecule has 0 aliphatic carbocycles. The van der Waals surface area contributed by atoms with E-state index in [0.29, 0.717) is 55.0 Å². The van der Waals surface area contributed by atoms with E-state index in [1.54, 1.807) is 37.3 Å². The van der Waals surface area contributed by atoms with Crippen molar-refractivity contribution in [2.24, 2.45) is 0 Å². The molecule has 0 saturated carbocycles. The zero-order valence-electron chi connectivity index (χ0n) is 19.0. The fraction of sp³-hybridized carbons (Fsp3) is 0.480. The number of morpholine rings is 1. The summed E-state index contributed by atoms with van der Waals surface area (Å²) in [5.41, 5.74) is 0.798. The predicted molar refractivity (Wildman–Crippen MR) is 120 cm³/mol. The topological polar surface area (TPSA) is 68.2 Å².